The fourth-order valence-electron chi connectivity index (χ4n) is 1.70. The average molecular weight is 256 g/mol. The Labute approximate surface area is 98.5 Å². The summed E-state index contributed by atoms with van der Waals surface area (Å²) in [6, 6.07) is 6.68. The highest BCUT2D eigenvalue weighted by atomic mass is 35.7. The molecular formula is C11H10ClNO2S. The molecule has 0 radical (unpaired) electrons. The lowest BCUT2D eigenvalue weighted by Gasteiger charge is -2.04. The first kappa shape index (κ1) is 11.4. The van der Waals surface area contributed by atoms with Gasteiger partial charge >= 0.3 is 0 Å². The van der Waals surface area contributed by atoms with Gasteiger partial charge in [-0.2, -0.15) is 0 Å². The summed E-state index contributed by atoms with van der Waals surface area (Å²) in [4.78, 5) is 4.37. The van der Waals surface area contributed by atoms with Crippen LogP contribution in [0.4, 0.5) is 0 Å². The van der Waals surface area contributed by atoms with Crippen molar-refractivity contribution in [2.45, 2.75) is 18.7 Å². The summed E-state index contributed by atoms with van der Waals surface area (Å²) in [7, 11) is 1.60. The normalized spacial score (nSPS) is 11.9. The maximum absolute atomic E-state index is 11.2. The molecule has 5 heteroatoms. The minimum Gasteiger partial charge on any atom is -0.253 e. The lowest BCUT2D eigenvalue weighted by Crippen LogP contribution is -1.93. The van der Waals surface area contributed by atoms with Gasteiger partial charge in [-0.05, 0) is 37.6 Å². The molecule has 0 aliphatic heterocycles. The maximum Gasteiger partial charge on any atom is 0.261 e. The van der Waals surface area contributed by atoms with Crippen LogP contribution in [0.5, 0.6) is 0 Å². The Balaban J connectivity index is 2.81. The van der Waals surface area contributed by atoms with Crippen molar-refractivity contribution in [2.75, 3.05) is 0 Å². The van der Waals surface area contributed by atoms with Gasteiger partial charge < -0.3 is 0 Å². The third-order valence-electron chi connectivity index (χ3n) is 2.40. The highest BCUT2D eigenvalue weighted by Gasteiger charge is 2.11. The lowest BCUT2D eigenvalue weighted by molar-refractivity contribution is 0.609. The molecule has 1 aromatic carbocycles. The van der Waals surface area contributed by atoms with E-state index in [1.54, 1.807) is 6.07 Å². The van der Waals surface area contributed by atoms with E-state index in [1.165, 1.54) is 12.1 Å². The second-order valence-electron chi connectivity index (χ2n) is 3.70. The fraction of sp³-hybridized carbons (Fsp3) is 0.182. The molecule has 1 aromatic heterocycles. The highest BCUT2D eigenvalue weighted by molar-refractivity contribution is 8.13. The molecule has 0 aliphatic rings. The summed E-state index contributed by atoms with van der Waals surface area (Å²) in [6.07, 6.45) is 0. The Morgan fingerprint density at radius 2 is 1.88 bits per heavy atom. The number of aromatic nitrogens is 1. The van der Waals surface area contributed by atoms with Gasteiger partial charge in [-0.1, -0.05) is 6.07 Å². The van der Waals surface area contributed by atoms with Gasteiger partial charge in [0.15, 0.2) is 0 Å². The quantitative estimate of drug-likeness (QED) is 0.736. The summed E-state index contributed by atoms with van der Waals surface area (Å²) >= 11 is 0. The summed E-state index contributed by atoms with van der Waals surface area (Å²) < 4.78 is 22.4. The van der Waals surface area contributed by atoms with Gasteiger partial charge in [0.2, 0.25) is 0 Å². The molecule has 16 heavy (non-hydrogen) atoms. The molecule has 0 atom stereocenters. The molecule has 0 unspecified atom stereocenters. The highest BCUT2D eigenvalue weighted by Crippen LogP contribution is 2.23. The van der Waals surface area contributed by atoms with Crippen molar-refractivity contribution >= 4 is 30.6 Å². The Bertz CT molecular complexity index is 665. The third-order valence-corrected chi connectivity index (χ3v) is 3.75. The van der Waals surface area contributed by atoms with Gasteiger partial charge in [0.05, 0.1) is 10.4 Å². The van der Waals surface area contributed by atoms with E-state index >= 15 is 0 Å². The number of aryl methyl sites for hydroxylation is 2. The Kier molecular flexibility index (Phi) is 2.64. The van der Waals surface area contributed by atoms with Crippen LogP contribution in [0.1, 0.15) is 11.3 Å². The number of pyridine rings is 1. The first-order valence-corrected chi connectivity index (χ1v) is 7.01. The molecule has 2 rings (SSSR count). The van der Waals surface area contributed by atoms with Crippen LogP contribution in [-0.4, -0.2) is 13.4 Å². The van der Waals surface area contributed by atoms with Crippen LogP contribution in [-0.2, 0) is 9.05 Å². The molecule has 2 aromatic rings. The molecule has 0 saturated carbocycles. The summed E-state index contributed by atoms with van der Waals surface area (Å²) in [5.41, 5.74) is 2.58. The molecule has 0 saturated heterocycles. The van der Waals surface area contributed by atoms with Crippen molar-refractivity contribution in [3.63, 3.8) is 0 Å². The second kappa shape index (κ2) is 3.71. The minimum absolute atomic E-state index is 0.0826. The molecule has 84 valence electrons. The Morgan fingerprint density at radius 3 is 2.50 bits per heavy atom. The number of benzene rings is 1. The van der Waals surface area contributed by atoms with Crippen molar-refractivity contribution in [1.82, 2.24) is 4.98 Å². The first-order valence-electron chi connectivity index (χ1n) is 4.70. The van der Waals surface area contributed by atoms with Gasteiger partial charge in [-0.15, -0.1) is 0 Å². The van der Waals surface area contributed by atoms with Crippen LogP contribution in [0.3, 0.4) is 0 Å². The largest absolute Gasteiger partial charge is 0.261 e. The van der Waals surface area contributed by atoms with Crippen LogP contribution in [0, 0.1) is 13.8 Å². The van der Waals surface area contributed by atoms with Crippen molar-refractivity contribution in [1.29, 1.82) is 0 Å². The lowest BCUT2D eigenvalue weighted by atomic mass is 10.1. The standard InChI is InChI=1S/C11H10ClNO2S/c1-7-5-8(2)13-11-6-9(16(12,14)15)3-4-10(7)11/h3-6H,1-2H3. The molecule has 3 nitrogen and oxygen atoms in total. The Hall–Kier alpha value is -1.13. The predicted octanol–water partition coefficient (Wildman–Crippen LogP) is 2.78. The van der Waals surface area contributed by atoms with E-state index in [1.807, 2.05) is 19.9 Å². The summed E-state index contributed by atoms with van der Waals surface area (Å²) in [6.45, 7) is 3.83. The molecule has 0 fully saturated rings. The van der Waals surface area contributed by atoms with Crippen LogP contribution in [0.2, 0.25) is 0 Å². The zero-order valence-corrected chi connectivity index (χ0v) is 10.4. The smallest absolute Gasteiger partial charge is 0.253 e. The minimum atomic E-state index is -3.69. The number of rotatable bonds is 1. The fourth-order valence-corrected chi connectivity index (χ4v) is 2.47. The number of nitrogens with zero attached hydrogens (tertiary/aromatic N) is 1. The van der Waals surface area contributed by atoms with E-state index in [0.29, 0.717) is 5.52 Å². The zero-order valence-electron chi connectivity index (χ0n) is 8.86. The van der Waals surface area contributed by atoms with Gasteiger partial charge in [0.25, 0.3) is 9.05 Å². The van der Waals surface area contributed by atoms with Crippen molar-refractivity contribution < 1.29 is 8.42 Å². The third kappa shape index (κ3) is 2.03. The molecule has 0 amide bonds. The maximum atomic E-state index is 11.2. The SMILES string of the molecule is Cc1cc(C)c2ccc(S(=O)(=O)Cl)cc2n1. The Morgan fingerprint density at radius 1 is 1.19 bits per heavy atom. The molecule has 0 bridgehead atoms. The molecule has 0 spiro atoms. The van der Waals surface area contributed by atoms with Gasteiger partial charge in [-0.25, -0.2) is 8.42 Å². The summed E-state index contributed by atoms with van der Waals surface area (Å²) in [5.74, 6) is 0. The second-order valence-corrected chi connectivity index (χ2v) is 6.26. The van der Waals surface area contributed by atoms with Crippen molar-refractivity contribution in [3.05, 3.63) is 35.5 Å². The number of fused-ring (bicyclic) bond motifs is 1. The van der Waals surface area contributed by atoms with Gasteiger partial charge in [0.1, 0.15) is 0 Å². The topological polar surface area (TPSA) is 47.0 Å². The molecule has 1 heterocycles. The van der Waals surface area contributed by atoms with Crippen LogP contribution in [0.25, 0.3) is 10.9 Å². The van der Waals surface area contributed by atoms with Crippen molar-refractivity contribution in [3.8, 4) is 0 Å². The number of hydrogen-bond donors (Lipinski definition) is 0. The van der Waals surface area contributed by atoms with E-state index in [0.717, 1.165) is 16.6 Å². The van der Waals surface area contributed by atoms with E-state index in [9.17, 15) is 8.42 Å². The van der Waals surface area contributed by atoms with Gasteiger partial charge in [-0.3, -0.25) is 4.98 Å². The number of halogens is 1. The number of hydrogen-bond acceptors (Lipinski definition) is 3. The first-order chi connectivity index (χ1) is 7.38. The molecule has 0 N–H and O–H groups in total. The summed E-state index contributed by atoms with van der Waals surface area (Å²) in [5, 5.41) is 0.940. The van der Waals surface area contributed by atoms with Gasteiger partial charge in [0, 0.05) is 21.8 Å². The molecule has 0 aliphatic carbocycles. The van der Waals surface area contributed by atoms with E-state index in [4.69, 9.17) is 10.7 Å². The van der Waals surface area contributed by atoms with Crippen LogP contribution >= 0.6 is 10.7 Å². The predicted molar refractivity (Wildman–Crippen MR) is 64.3 cm³/mol. The zero-order chi connectivity index (χ0) is 11.9. The molecular weight excluding hydrogens is 246 g/mol. The average Bonchev–Trinajstić information content (AvgIpc) is 2.15. The van der Waals surface area contributed by atoms with E-state index < -0.39 is 9.05 Å². The van der Waals surface area contributed by atoms with Crippen LogP contribution < -0.4 is 0 Å². The van der Waals surface area contributed by atoms with E-state index in [-0.39, 0.29) is 4.90 Å². The van der Waals surface area contributed by atoms with Crippen molar-refractivity contribution in [2.24, 2.45) is 0 Å². The van der Waals surface area contributed by atoms with E-state index in [2.05, 4.69) is 4.98 Å². The van der Waals surface area contributed by atoms with Crippen LogP contribution in [0.15, 0.2) is 29.2 Å². The monoisotopic (exact) mass is 255 g/mol.